The average Bonchev–Trinajstić information content (AvgIpc) is 2.31. The molecule has 57 valence electrons. The van der Waals surface area contributed by atoms with Crippen LogP contribution in [0.4, 0.5) is 0 Å². The van der Waals surface area contributed by atoms with E-state index in [9.17, 15) is 4.79 Å². The fraction of sp³-hybridized carbons (Fsp3) is 0.714. The Balaban J connectivity index is 2.20. The van der Waals surface area contributed by atoms with E-state index in [-0.39, 0.29) is 5.91 Å². The van der Waals surface area contributed by atoms with Gasteiger partial charge in [-0.25, -0.2) is 0 Å². The van der Waals surface area contributed by atoms with E-state index in [1.165, 1.54) is 0 Å². The van der Waals surface area contributed by atoms with Gasteiger partial charge < -0.3 is 4.90 Å². The van der Waals surface area contributed by atoms with Gasteiger partial charge in [-0.05, 0) is 12.7 Å². The third-order valence-corrected chi connectivity index (χ3v) is 2.05. The van der Waals surface area contributed by atoms with Crippen molar-refractivity contribution in [3.05, 3.63) is 6.54 Å². The molecule has 10 heavy (non-hydrogen) atoms. The number of rotatable bonds is 3. The zero-order chi connectivity index (χ0) is 7.40. The highest BCUT2D eigenvalue weighted by Crippen LogP contribution is 2.12. The van der Waals surface area contributed by atoms with Crippen LogP contribution in [0.5, 0.6) is 0 Å². The van der Waals surface area contributed by atoms with Gasteiger partial charge in [-0.2, -0.15) is 11.8 Å². The fourth-order valence-electron chi connectivity index (χ4n) is 1.03. The molecule has 2 nitrogen and oxygen atoms in total. The third kappa shape index (κ3) is 1.90. The average molecular weight is 158 g/mol. The van der Waals surface area contributed by atoms with Gasteiger partial charge >= 0.3 is 0 Å². The molecule has 0 aliphatic carbocycles. The Labute approximate surface area is 66.0 Å². The standard InChI is InChI=1S/C7H12NOS/c1-10-6-5-8-4-2-3-7(8)9/h5H,2-4,6H2,1H3. The molecule has 0 aromatic heterocycles. The summed E-state index contributed by atoms with van der Waals surface area (Å²) in [6.45, 7) is 2.92. The van der Waals surface area contributed by atoms with Crippen LogP contribution in [0.1, 0.15) is 12.8 Å². The van der Waals surface area contributed by atoms with Crippen molar-refractivity contribution in [1.29, 1.82) is 0 Å². The van der Waals surface area contributed by atoms with Gasteiger partial charge in [-0.15, -0.1) is 0 Å². The van der Waals surface area contributed by atoms with Crippen LogP contribution in [0.2, 0.25) is 0 Å². The van der Waals surface area contributed by atoms with Gasteiger partial charge in [0, 0.05) is 18.7 Å². The van der Waals surface area contributed by atoms with Gasteiger partial charge in [0.15, 0.2) is 0 Å². The summed E-state index contributed by atoms with van der Waals surface area (Å²) in [7, 11) is 0. The molecule has 0 bridgehead atoms. The molecule has 0 spiro atoms. The summed E-state index contributed by atoms with van der Waals surface area (Å²) in [5, 5.41) is 0. The second-order valence-electron chi connectivity index (χ2n) is 2.33. The van der Waals surface area contributed by atoms with Crippen molar-refractivity contribution in [2.45, 2.75) is 12.8 Å². The van der Waals surface area contributed by atoms with E-state index in [4.69, 9.17) is 0 Å². The fourth-order valence-corrected chi connectivity index (χ4v) is 1.36. The predicted molar refractivity (Wildman–Crippen MR) is 43.6 cm³/mol. The summed E-state index contributed by atoms with van der Waals surface area (Å²) < 4.78 is 0. The second kappa shape index (κ2) is 3.86. The van der Waals surface area contributed by atoms with Gasteiger partial charge in [0.1, 0.15) is 0 Å². The first-order valence-electron chi connectivity index (χ1n) is 3.46. The first kappa shape index (κ1) is 7.92. The first-order chi connectivity index (χ1) is 4.84. The number of amides is 1. The minimum Gasteiger partial charge on any atom is -0.337 e. The Kier molecular flexibility index (Phi) is 3.06. The van der Waals surface area contributed by atoms with E-state index in [0.717, 1.165) is 25.1 Å². The Hall–Kier alpha value is -0.180. The Morgan fingerprint density at radius 1 is 1.80 bits per heavy atom. The van der Waals surface area contributed by atoms with Crippen LogP contribution in [0.15, 0.2) is 0 Å². The normalized spacial score (nSPS) is 18.5. The molecule has 0 aromatic rings. The lowest BCUT2D eigenvalue weighted by molar-refractivity contribution is -0.126. The van der Waals surface area contributed by atoms with Gasteiger partial charge in [0.2, 0.25) is 5.91 Å². The lowest BCUT2D eigenvalue weighted by Gasteiger charge is -2.12. The maximum atomic E-state index is 11.0. The smallest absolute Gasteiger partial charge is 0.222 e. The summed E-state index contributed by atoms with van der Waals surface area (Å²) in [5.74, 6) is 1.24. The number of carbonyl (C=O) groups is 1. The topological polar surface area (TPSA) is 20.3 Å². The molecule has 3 heteroatoms. The molecule has 0 N–H and O–H groups in total. The molecule has 0 aromatic carbocycles. The highest BCUT2D eigenvalue weighted by atomic mass is 32.2. The number of nitrogens with zero attached hydrogens (tertiary/aromatic N) is 1. The van der Waals surface area contributed by atoms with Gasteiger partial charge in [-0.1, -0.05) is 0 Å². The van der Waals surface area contributed by atoms with Crippen molar-refractivity contribution >= 4 is 17.7 Å². The van der Waals surface area contributed by atoms with Crippen molar-refractivity contribution in [2.75, 3.05) is 18.6 Å². The van der Waals surface area contributed by atoms with E-state index in [0.29, 0.717) is 0 Å². The Bertz CT molecular complexity index is 127. The molecule has 1 aliphatic rings. The van der Waals surface area contributed by atoms with E-state index in [1.54, 1.807) is 11.8 Å². The lowest BCUT2D eigenvalue weighted by Crippen LogP contribution is -2.22. The van der Waals surface area contributed by atoms with Gasteiger partial charge in [0.25, 0.3) is 0 Å². The Morgan fingerprint density at radius 3 is 3.10 bits per heavy atom. The Morgan fingerprint density at radius 2 is 2.60 bits per heavy atom. The van der Waals surface area contributed by atoms with Crippen LogP contribution in [0, 0.1) is 6.54 Å². The number of carbonyl (C=O) groups excluding carboxylic acids is 1. The first-order valence-corrected chi connectivity index (χ1v) is 4.85. The molecule has 0 saturated carbocycles. The second-order valence-corrected chi connectivity index (χ2v) is 3.24. The van der Waals surface area contributed by atoms with Gasteiger partial charge in [-0.3, -0.25) is 4.79 Å². The SMILES string of the molecule is CSC[CH]N1CCCC1=O. The van der Waals surface area contributed by atoms with Crippen LogP contribution >= 0.6 is 11.8 Å². The van der Waals surface area contributed by atoms with Crippen molar-refractivity contribution in [3.8, 4) is 0 Å². The minimum atomic E-state index is 0.286. The largest absolute Gasteiger partial charge is 0.337 e. The van der Waals surface area contributed by atoms with E-state index >= 15 is 0 Å². The van der Waals surface area contributed by atoms with E-state index in [1.807, 2.05) is 17.7 Å². The van der Waals surface area contributed by atoms with Crippen LogP contribution in [0.25, 0.3) is 0 Å². The predicted octanol–water partition coefficient (Wildman–Crippen LogP) is 1.13. The van der Waals surface area contributed by atoms with E-state index in [2.05, 4.69) is 0 Å². The molecular weight excluding hydrogens is 146 g/mol. The monoisotopic (exact) mass is 158 g/mol. The van der Waals surface area contributed by atoms with E-state index < -0.39 is 0 Å². The maximum absolute atomic E-state index is 11.0. The summed E-state index contributed by atoms with van der Waals surface area (Å²) in [5.41, 5.74) is 0. The summed E-state index contributed by atoms with van der Waals surface area (Å²) >= 11 is 1.74. The molecule has 1 fully saturated rings. The lowest BCUT2D eigenvalue weighted by atomic mass is 10.4. The van der Waals surface area contributed by atoms with Crippen LogP contribution in [-0.2, 0) is 4.79 Å². The zero-order valence-electron chi connectivity index (χ0n) is 6.17. The van der Waals surface area contributed by atoms with Gasteiger partial charge in [0.05, 0.1) is 6.54 Å². The molecule has 0 unspecified atom stereocenters. The highest BCUT2D eigenvalue weighted by molar-refractivity contribution is 7.98. The van der Waals surface area contributed by atoms with Crippen molar-refractivity contribution in [3.63, 3.8) is 0 Å². The minimum absolute atomic E-state index is 0.286. The molecule has 1 amide bonds. The van der Waals surface area contributed by atoms with Crippen LogP contribution in [-0.4, -0.2) is 29.4 Å². The molecule has 1 radical (unpaired) electrons. The zero-order valence-corrected chi connectivity index (χ0v) is 6.99. The molecule has 1 saturated heterocycles. The maximum Gasteiger partial charge on any atom is 0.222 e. The molecule has 1 aliphatic heterocycles. The quantitative estimate of drug-likeness (QED) is 0.613. The van der Waals surface area contributed by atoms with Crippen molar-refractivity contribution < 1.29 is 4.79 Å². The van der Waals surface area contributed by atoms with Crippen molar-refractivity contribution in [1.82, 2.24) is 4.90 Å². The number of hydrogen-bond donors (Lipinski definition) is 0. The summed E-state index contributed by atoms with van der Waals surface area (Å²) in [6.07, 6.45) is 3.81. The molecule has 0 atom stereocenters. The van der Waals surface area contributed by atoms with Crippen LogP contribution < -0.4 is 0 Å². The molecule has 1 heterocycles. The van der Waals surface area contributed by atoms with Crippen molar-refractivity contribution in [2.24, 2.45) is 0 Å². The number of thioether (sulfide) groups is 1. The summed E-state index contributed by atoms with van der Waals surface area (Å²) in [6, 6.07) is 0. The number of hydrogen-bond acceptors (Lipinski definition) is 2. The van der Waals surface area contributed by atoms with Crippen LogP contribution in [0.3, 0.4) is 0 Å². The highest BCUT2D eigenvalue weighted by Gasteiger charge is 2.18. The number of likely N-dealkylation sites (tertiary alicyclic amines) is 1. The molecule has 1 rings (SSSR count). The third-order valence-electron chi connectivity index (χ3n) is 1.57. The summed E-state index contributed by atoms with van der Waals surface area (Å²) in [4.78, 5) is 12.8. The molecular formula is C7H12NOS.